The standard InChI is InChI=1S/C10H14FN/c1-10(9-12)7-5-3-2-4-6-8-11/h2-4,6,10H,5,7-8H2,1H3/b3-2-,6-4-. The van der Waals surface area contributed by atoms with Crippen LogP contribution in [0.25, 0.3) is 0 Å². The van der Waals surface area contributed by atoms with Crippen molar-refractivity contribution in [3.8, 4) is 6.07 Å². The third-order valence-electron chi connectivity index (χ3n) is 1.46. The molecule has 0 N–H and O–H groups in total. The van der Waals surface area contributed by atoms with Gasteiger partial charge in [-0.05, 0) is 19.8 Å². The Kier molecular flexibility index (Phi) is 7.27. The molecule has 12 heavy (non-hydrogen) atoms. The average molecular weight is 167 g/mol. The Morgan fingerprint density at radius 3 is 2.67 bits per heavy atom. The van der Waals surface area contributed by atoms with Crippen LogP contribution in [0.15, 0.2) is 24.3 Å². The van der Waals surface area contributed by atoms with Crippen molar-refractivity contribution in [3.05, 3.63) is 24.3 Å². The van der Waals surface area contributed by atoms with Crippen LogP contribution in [-0.2, 0) is 0 Å². The Balaban J connectivity index is 3.37. The summed E-state index contributed by atoms with van der Waals surface area (Å²) in [6.45, 7) is 1.48. The van der Waals surface area contributed by atoms with E-state index in [1.807, 2.05) is 19.1 Å². The summed E-state index contributed by atoms with van der Waals surface area (Å²) in [6.07, 6.45) is 8.63. The van der Waals surface area contributed by atoms with Crippen molar-refractivity contribution in [3.63, 3.8) is 0 Å². The Hall–Kier alpha value is -1.10. The molecular formula is C10H14FN. The van der Waals surface area contributed by atoms with Gasteiger partial charge in [0.2, 0.25) is 0 Å². The Bertz CT molecular complexity index is 189. The molecule has 0 radical (unpaired) electrons. The maximum Gasteiger partial charge on any atom is 0.108 e. The second-order valence-electron chi connectivity index (χ2n) is 2.62. The van der Waals surface area contributed by atoms with E-state index in [-0.39, 0.29) is 5.92 Å². The highest BCUT2D eigenvalue weighted by Crippen LogP contribution is 2.03. The fourth-order valence-electron chi connectivity index (χ4n) is 0.716. The van der Waals surface area contributed by atoms with Gasteiger partial charge < -0.3 is 0 Å². The van der Waals surface area contributed by atoms with E-state index in [1.54, 1.807) is 6.08 Å². The van der Waals surface area contributed by atoms with Crippen LogP contribution in [0.5, 0.6) is 0 Å². The van der Waals surface area contributed by atoms with Crippen LogP contribution < -0.4 is 0 Å². The van der Waals surface area contributed by atoms with Crippen molar-refractivity contribution in [2.75, 3.05) is 6.67 Å². The summed E-state index contributed by atoms with van der Waals surface area (Å²) in [5.41, 5.74) is 0. The fraction of sp³-hybridized carbons (Fsp3) is 0.500. The number of nitrogens with zero attached hydrogens (tertiary/aromatic N) is 1. The summed E-state index contributed by atoms with van der Waals surface area (Å²) < 4.78 is 11.5. The quantitative estimate of drug-likeness (QED) is 0.577. The maximum absolute atomic E-state index is 11.5. The van der Waals surface area contributed by atoms with E-state index in [4.69, 9.17) is 5.26 Å². The summed E-state index contributed by atoms with van der Waals surface area (Å²) in [6, 6.07) is 2.16. The summed E-state index contributed by atoms with van der Waals surface area (Å²) in [4.78, 5) is 0. The molecule has 66 valence electrons. The van der Waals surface area contributed by atoms with Crippen LogP contribution in [-0.4, -0.2) is 6.67 Å². The molecule has 0 rings (SSSR count). The molecule has 1 atom stereocenters. The average Bonchev–Trinajstić information content (AvgIpc) is 2.10. The van der Waals surface area contributed by atoms with Crippen molar-refractivity contribution < 1.29 is 4.39 Å². The van der Waals surface area contributed by atoms with Crippen LogP contribution in [0.3, 0.4) is 0 Å². The van der Waals surface area contributed by atoms with Gasteiger partial charge in [-0.15, -0.1) is 0 Å². The smallest absolute Gasteiger partial charge is 0.108 e. The van der Waals surface area contributed by atoms with Gasteiger partial charge in [-0.2, -0.15) is 5.26 Å². The number of hydrogen-bond donors (Lipinski definition) is 0. The van der Waals surface area contributed by atoms with Gasteiger partial charge in [0.05, 0.1) is 6.07 Å². The SMILES string of the molecule is CC(C#N)CC/C=C\C=C/CF. The Morgan fingerprint density at radius 2 is 2.08 bits per heavy atom. The molecule has 0 aromatic carbocycles. The monoisotopic (exact) mass is 167 g/mol. The minimum absolute atomic E-state index is 0.111. The number of rotatable bonds is 5. The summed E-state index contributed by atoms with van der Waals surface area (Å²) in [5.74, 6) is 0.111. The molecule has 0 spiro atoms. The third-order valence-corrected chi connectivity index (χ3v) is 1.46. The molecule has 2 heteroatoms. The second kappa shape index (κ2) is 8.00. The molecular weight excluding hydrogens is 153 g/mol. The van der Waals surface area contributed by atoms with Gasteiger partial charge in [0, 0.05) is 5.92 Å². The number of allylic oxidation sites excluding steroid dienone is 4. The molecule has 0 fully saturated rings. The van der Waals surface area contributed by atoms with Gasteiger partial charge in [-0.25, -0.2) is 4.39 Å². The minimum Gasteiger partial charge on any atom is -0.247 e. The highest BCUT2D eigenvalue weighted by molar-refractivity contribution is 5.02. The lowest BCUT2D eigenvalue weighted by Gasteiger charge is -1.95. The predicted molar refractivity (Wildman–Crippen MR) is 48.3 cm³/mol. The molecule has 0 aromatic rings. The number of alkyl halides is 1. The maximum atomic E-state index is 11.5. The van der Waals surface area contributed by atoms with Crippen LogP contribution >= 0.6 is 0 Å². The molecule has 0 aromatic heterocycles. The van der Waals surface area contributed by atoms with E-state index in [9.17, 15) is 4.39 Å². The minimum atomic E-state index is -0.418. The molecule has 0 amide bonds. The van der Waals surface area contributed by atoms with Crippen LogP contribution in [0.4, 0.5) is 4.39 Å². The van der Waals surface area contributed by atoms with Crippen molar-refractivity contribution in [2.24, 2.45) is 5.92 Å². The zero-order chi connectivity index (χ0) is 9.23. The van der Waals surface area contributed by atoms with Crippen molar-refractivity contribution in [1.29, 1.82) is 5.26 Å². The zero-order valence-electron chi connectivity index (χ0n) is 7.33. The molecule has 0 aliphatic heterocycles. The topological polar surface area (TPSA) is 23.8 Å². The van der Waals surface area contributed by atoms with E-state index in [1.165, 1.54) is 6.08 Å². The first kappa shape index (κ1) is 10.9. The van der Waals surface area contributed by atoms with Gasteiger partial charge in [-0.1, -0.05) is 24.3 Å². The number of halogens is 1. The predicted octanol–water partition coefficient (Wildman–Crippen LogP) is 3.01. The Morgan fingerprint density at radius 1 is 1.42 bits per heavy atom. The van der Waals surface area contributed by atoms with Crippen molar-refractivity contribution >= 4 is 0 Å². The van der Waals surface area contributed by atoms with E-state index < -0.39 is 6.67 Å². The van der Waals surface area contributed by atoms with Gasteiger partial charge >= 0.3 is 0 Å². The fourth-order valence-corrected chi connectivity index (χ4v) is 0.716. The zero-order valence-corrected chi connectivity index (χ0v) is 7.33. The van der Waals surface area contributed by atoms with E-state index in [2.05, 4.69) is 6.07 Å². The van der Waals surface area contributed by atoms with E-state index in [0.29, 0.717) is 0 Å². The first-order valence-electron chi connectivity index (χ1n) is 4.08. The molecule has 1 unspecified atom stereocenters. The Labute approximate surface area is 73.2 Å². The van der Waals surface area contributed by atoms with Crippen LogP contribution in [0.1, 0.15) is 19.8 Å². The van der Waals surface area contributed by atoms with E-state index in [0.717, 1.165) is 12.8 Å². The molecule has 1 nitrogen and oxygen atoms in total. The summed E-state index contributed by atoms with van der Waals surface area (Å²) in [5, 5.41) is 8.44. The van der Waals surface area contributed by atoms with Crippen LogP contribution in [0.2, 0.25) is 0 Å². The molecule has 0 saturated heterocycles. The summed E-state index contributed by atoms with van der Waals surface area (Å²) in [7, 11) is 0. The lowest BCUT2D eigenvalue weighted by atomic mass is 10.1. The number of hydrogen-bond acceptors (Lipinski definition) is 1. The van der Waals surface area contributed by atoms with Gasteiger partial charge in [0.25, 0.3) is 0 Å². The molecule has 0 bridgehead atoms. The first-order chi connectivity index (χ1) is 5.81. The van der Waals surface area contributed by atoms with Gasteiger partial charge in [-0.3, -0.25) is 0 Å². The largest absolute Gasteiger partial charge is 0.247 e. The normalized spacial score (nSPS) is 13.8. The van der Waals surface area contributed by atoms with Gasteiger partial charge in [0.15, 0.2) is 0 Å². The van der Waals surface area contributed by atoms with Crippen molar-refractivity contribution in [2.45, 2.75) is 19.8 Å². The van der Waals surface area contributed by atoms with Crippen LogP contribution in [0, 0.1) is 17.2 Å². The highest BCUT2D eigenvalue weighted by atomic mass is 19.1. The van der Waals surface area contributed by atoms with Gasteiger partial charge in [0.1, 0.15) is 6.67 Å². The third kappa shape index (κ3) is 7.01. The molecule has 0 saturated carbocycles. The lowest BCUT2D eigenvalue weighted by Crippen LogP contribution is -1.86. The molecule has 0 heterocycles. The second-order valence-corrected chi connectivity index (χ2v) is 2.62. The molecule has 0 aliphatic carbocycles. The highest BCUT2D eigenvalue weighted by Gasteiger charge is 1.94. The first-order valence-corrected chi connectivity index (χ1v) is 4.08. The van der Waals surface area contributed by atoms with Crippen molar-refractivity contribution in [1.82, 2.24) is 0 Å². The summed E-state index contributed by atoms with van der Waals surface area (Å²) >= 11 is 0. The number of nitriles is 1. The van der Waals surface area contributed by atoms with E-state index >= 15 is 0 Å². The molecule has 0 aliphatic rings. The lowest BCUT2D eigenvalue weighted by molar-refractivity contribution is 0.562.